The van der Waals surface area contributed by atoms with Crippen LogP contribution >= 0.6 is 12.4 Å². The molecule has 0 unspecified atom stereocenters. The molecule has 1 heterocycles. The highest BCUT2D eigenvalue weighted by molar-refractivity contribution is 5.85. The summed E-state index contributed by atoms with van der Waals surface area (Å²) in [7, 11) is 0. The largest absolute Gasteiger partial charge is 0.368 e. The van der Waals surface area contributed by atoms with Gasteiger partial charge in [-0.1, -0.05) is 38.1 Å². The molecule has 138 valence electrons. The molecule has 3 heteroatoms. The van der Waals surface area contributed by atoms with E-state index in [4.69, 9.17) is 0 Å². The van der Waals surface area contributed by atoms with Gasteiger partial charge in [0.25, 0.3) is 0 Å². The average Bonchev–Trinajstić information content (AvgIpc) is 3.35. The van der Waals surface area contributed by atoms with Crippen LogP contribution in [0.1, 0.15) is 51.5 Å². The van der Waals surface area contributed by atoms with Crippen molar-refractivity contribution < 1.29 is 0 Å². The maximum Gasteiger partial charge on any atom is 0.0443 e. The number of piperazine rings is 1. The van der Waals surface area contributed by atoms with Crippen LogP contribution in [-0.4, -0.2) is 37.6 Å². The molecular weight excluding hydrogens is 328 g/mol. The predicted molar refractivity (Wildman–Crippen MR) is 111 cm³/mol. The zero-order valence-electron chi connectivity index (χ0n) is 15.8. The van der Waals surface area contributed by atoms with Crippen LogP contribution in [0.3, 0.4) is 0 Å². The summed E-state index contributed by atoms with van der Waals surface area (Å²) >= 11 is 0. The second kappa shape index (κ2) is 7.72. The summed E-state index contributed by atoms with van der Waals surface area (Å²) in [5.41, 5.74) is 5.30. The van der Waals surface area contributed by atoms with Crippen molar-refractivity contribution in [1.82, 2.24) is 4.90 Å². The number of nitrogens with zero attached hydrogens (tertiary/aromatic N) is 2. The first-order chi connectivity index (χ1) is 11.7. The van der Waals surface area contributed by atoms with Gasteiger partial charge in [0, 0.05) is 44.0 Å². The second-order valence-corrected chi connectivity index (χ2v) is 8.63. The first-order valence-corrected chi connectivity index (χ1v) is 9.91. The van der Waals surface area contributed by atoms with Crippen molar-refractivity contribution in [3.05, 3.63) is 35.9 Å². The molecule has 25 heavy (non-hydrogen) atoms. The van der Waals surface area contributed by atoms with E-state index in [0.717, 1.165) is 11.3 Å². The number of hydrogen-bond acceptors (Lipinski definition) is 2. The van der Waals surface area contributed by atoms with E-state index in [1.807, 2.05) is 0 Å². The van der Waals surface area contributed by atoms with Gasteiger partial charge in [-0.25, -0.2) is 0 Å². The summed E-state index contributed by atoms with van der Waals surface area (Å²) in [6.45, 7) is 10.6. The Bertz CT molecular complexity index is 610. The lowest BCUT2D eigenvalue weighted by Gasteiger charge is -2.38. The number of rotatable bonds is 4. The van der Waals surface area contributed by atoms with Gasteiger partial charge < -0.3 is 4.90 Å². The van der Waals surface area contributed by atoms with E-state index in [9.17, 15) is 0 Å². The summed E-state index contributed by atoms with van der Waals surface area (Å²) in [5.74, 6) is 0.769. The third-order valence-electron chi connectivity index (χ3n) is 6.25. The maximum atomic E-state index is 2.63. The number of hydrogen-bond donors (Lipinski definition) is 0. The molecular formula is C22H33ClN2. The SMILES string of the molecule is CC(C)CN1CCN(c2ccccc2C2=CCC3(CC2)CC3)CC1.Cl. The summed E-state index contributed by atoms with van der Waals surface area (Å²) in [6.07, 6.45) is 9.51. The third kappa shape index (κ3) is 4.23. The molecule has 1 aromatic rings. The van der Waals surface area contributed by atoms with Crippen molar-refractivity contribution in [2.75, 3.05) is 37.6 Å². The Morgan fingerprint density at radius 1 is 1.00 bits per heavy atom. The minimum Gasteiger partial charge on any atom is -0.368 e. The molecule has 1 saturated heterocycles. The fourth-order valence-corrected chi connectivity index (χ4v) is 4.53. The number of para-hydroxylation sites is 1. The zero-order chi connectivity index (χ0) is 16.6. The molecule has 2 nitrogen and oxygen atoms in total. The molecule has 3 aliphatic rings. The van der Waals surface area contributed by atoms with E-state index >= 15 is 0 Å². The lowest BCUT2D eigenvalue weighted by atomic mass is 9.84. The Morgan fingerprint density at radius 3 is 2.32 bits per heavy atom. The molecule has 2 aliphatic carbocycles. The van der Waals surface area contributed by atoms with Gasteiger partial charge in [0.1, 0.15) is 0 Å². The van der Waals surface area contributed by atoms with E-state index in [2.05, 4.69) is 54.0 Å². The molecule has 1 spiro atoms. The van der Waals surface area contributed by atoms with Crippen molar-refractivity contribution in [2.45, 2.75) is 46.0 Å². The van der Waals surface area contributed by atoms with Crippen LogP contribution < -0.4 is 4.90 Å². The highest BCUT2D eigenvalue weighted by Crippen LogP contribution is 2.56. The highest BCUT2D eigenvalue weighted by Gasteiger charge is 2.42. The first kappa shape index (κ1) is 18.8. The average molecular weight is 361 g/mol. The van der Waals surface area contributed by atoms with E-state index in [0.29, 0.717) is 0 Å². The van der Waals surface area contributed by atoms with Crippen molar-refractivity contribution in [3.8, 4) is 0 Å². The fraction of sp³-hybridized carbons (Fsp3) is 0.636. The van der Waals surface area contributed by atoms with Gasteiger partial charge in [-0.2, -0.15) is 0 Å². The van der Waals surface area contributed by atoms with Gasteiger partial charge in [0.05, 0.1) is 0 Å². The Hall–Kier alpha value is -0.990. The molecule has 0 aromatic heterocycles. The van der Waals surface area contributed by atoms with Crippen LogP contribution in [-0.2, 0) is 0 Å². The van der Waals surface area contributed by atoms with E-state index in [1.54, 1.807) is 5.57 Å². The number of benzene rings is 1. The van der Waals surface area contributed by atoms with Crippen molar-refractivity contribution >= 4 is 23.7 Å². The monoisotopic (exact) mass is 360 g/mol. The summed E-state index contributed by atoms with van der Waals surface area (Å²) < 4.78 is 0. The van der Waals surface area contributed by atoms with Crippen LogP contribution in [0.5, 0.6) is 0 Å². The summed E-state index contributed by atoms with van der Waals surface area (Å²) in [4.78, 5) is 5.25. The standard InChI is InChI=1S/C22H32N2.ClH/c1-18(2)17-23-13-15-24(16-14-23)21-6-4-3-5-20(21)19-7-9-22(10-8-19)11-12-22;/h3-7,18H,8-17H2,1-2H3;1H. The van der Waals surface area contributed by atoms with Crippen LogP contribution in [0.15, 0.2) is 30.3 Å². The minimum atomic E-state index is 0. The molecule has 1 saturated carbocycles. The van der Waals surface area contributed by atoms with Crippen molar-refractivity contribution in [3.63, 3.8) is 0 Å². The Balaban J connectivity index is 0.00000182. The molecule has 4 rings (SSSR count). The van der Waals surface area contributed by atoms with Crippen molar-refractivity contribution in [1.29, 1.82) is 0 Å². The molecule has 0 bridgehead atoms. The van der Waals surface area contributed by atoms with Gasteiger partial charge in [-0.15, -0.1) is 12.4 Å². The predicted octanol–water partition coefficient (Wildman–Crippen LogP) is 5.23. The third-order valence-corrected chi connectivity index (χ3v) is 6.25. The molecule has 0 atom stereocenters. The molecule has 2 fully saturated rings. The summed E-state index contributed by atoms with van der Waals surface area (Å²) in [6, 6.07) is 9.13. The van der Waals surface area contributed by atoms with Gasteiger partial charge >= 0.3 is 0 Å². The van der Waals surface area contributed by atoms with E-state index in [-0.39, 0.29) is 12.4 Å². The number of anilines is 1. The first-order valence-electron chi connectivity index (χ1n) is 9.91. The number of allylic oxidation sites excluding steroid dienone is 2. The molecule has 1 aliphatic heterocycles. The second-order valence-electron chi connectivity index (χ2n) is 8.63. The summed E-state index contributed by atoms with van der Waals surface area (Å²) in [5, 5.41) is 0. The fourth-order valence-electron chi connectivity index (χ4n) is 4.53. The van der Waals surface area contributed by atoms with Gasteiger partial charge in [0.2, 0.25) is 0 Å². The van der Waals surface area contributed by atoms with Crippen LogP contribution in [0.25, 0.3) is 5.57 Å². The number of halogens is 1. The lowest BCUT2D eigenvalue weighted by molar-refractivity contribution is 0.231. The van der Waals surface area contributed by atoms with Gasteiger partial charge in [-0.3, -0.25) is 4.90 Å². The Morgan fingerprint density at radius 2 is 1.72 bits per heavy atom. The Kier molecular flexibility index (Phi) is 5.80. The van der Waals surface area contributed by atoms with E-state index < -0.39 is 0 Å². The van der Waals surface area contributed by atoms with Gasteiger partial charge in [-0.05, 0) is 55.1 Å². The minimum absolute atomic E-state index is 0. The highest BCUT2D eigenvalue weighted by atomic mass is 35.5. The smallest absolute Gasteiger partial charge is 0.0443 e. The normalized spacial score (nSPS) is 22.7. The topological polar surface area (TPSA) is 6.48 Å². The van der Waals surface area contributed by atoms with Crippen LogP contribution in [0.4, 0.5) is 5.69 Å². The van der Waals surface area contributed by atoms with E-state index in [1.165, 1.54) is 76.1 Å². The molecule has 0 radical (unpaired) electrons. The molecule has 1 aromatic carbocycles. The Labute approximate surface area is 159 Å². The lowest BCUT2D eigenvalue weighted by Crippen LogP contribution is -2.47. The van der Waals surface area contributed by atoms with Crippen molar-refractivity contribution in [2.24, 2.45) is 11.3 Å². The van der Waals surface area contributed by atoms with Crippen LogP contribution in [0, 0.1) is 11.3 Å². The maximum absolute atomic E-state index is 2.63. The molecule has 0 amide bonds. The van der Waals surface area contributed by atoms with Gasteiger partial charge in [0.15, 0.2) is 0 Å². The van der Waals surface area contributed by atoms with Crippen LogP contribution in [0.2, 0.25) is 0 Å². The zero-order valence-corrected chi connectivity index (χ0v) is 16.7. The quantitative estimate of drug-likeness (QED) is 0.725. The molecule has 0 N–H and O–H groups in total.